The number of hydrogen-bond acceptors (Lipinski definition) is 6. The van der Waals surface area contributed by atoms with Crippen LogP contribution in [0.4, 0.5) is 5.82 Å². The van der Waals surface area contributed by atoms with E-state index in [-0.39, 0.29) is 0 Å². The lowest BCUT2D eigenvalue weighted by Crippen LogP contribution is -2.26. The summed E-state index contributed by atoms with van der Waals surface area (Å²) >= 11 is 0. The molecule has 0 bridgehead atoms. The minimum Gasteiger partial charge on any atom is -0.496 e. The van der Waals surface area contributed by atoms with Crippen LogP contribution in [0.25, 0.3) is 10.9 Å². The van der Waals surface area contributed by atoms with Gasteiger partial charge in [-0.2, -0.15) is 0 Å². The van der Waals surface area contributed by atoms with Crippen LogP contribution in [0.15, 0.2) is 36.4 Å². The average molecular weight is 479 g/mol. The number of benzene rings is 2. The van der Waals surface area contributed by atoms with Gasteiger partial charge in [-0.05, 0) is 63.3 Å². The van der Waals surface area contributed by atoms with Crippen molar-refractivity contribution in [1.29, 1.82) is 0 Å². The molecule has 1 aliphatic carbocycles. The predicted molar refractivity (Wildman–Crippen MR) is 146 cm³/mol. The summed E-state index contributed by atoms with van der Waals surface area (Å²) in [6, 6.07) is 12.2. The molecular weight excluding hydrogens is 436 g/mol. The fourth-order valence-corrected chi connectivity index (χ4v) is 4.83. The predicted octanol–water partition coefficient (Wildman–Crippen LogP) is 5.93. The van der Waals surface area contributed by atoms with Crippen molar-refractivity contribution in [2.24, 2.45) is 11.8 Å². The summed E-state index contributed by atoms with van der Waals surface area (Å²) in [7, 11) is 7.42. The molecule has 0 aliphatic heterocycles. The molecule has 0 radical (unpaired) electrons. The Bertz CT molecular complexity index is 1090. The third kappa shape index (κ3) is 7.07. The summed E-state index contributed by atoms with van der Waals surface area (Å²) in [5.41, 5.74) is 3.29. The molecule has 0 atom stereocenters. The Kier molecular flexibility index (Phi) is 9.73. The third-order valence-corrected chi connectivity index (χ3v) is 6.86. The lowest BCUT2D eigenvalue weighted by Gasteiger charge is -2.26. The van der Waals surface area contributed by atoms with E-state index in [1.165, 1.54) is 31.2 Å². The smallest absolute Gasteiger partial charge is 0.139 e. The molecule has 1 saturated carbocycles. The van der Waals surface area contributed by atoms with Crippen LogP contribution >= 0.6 is 0 Å². The van der Waals surface area contributed by atoms with Crippen molar-refractivity contribution in [2.75, 3.05) is 39.8 Å². The molecule has 6 nitrogen and oxygen atoms in total. The maximum atomic E-state index is 5.56. The van der Waals surface area contributed by atoms with Crippen LogP contribution in [0.1, 0.15) is 49.6 Å². The van der Waals surface area contributed by atoms with E-state index < -0.39 is 0 Å². The molecule has 4 rings (SSSR count). The number of methoxy groups -OCH3 is 2. The summed E-state index contributed by atoms with van der Waals surface area (Å²) in [5, 5.41) is 4.70. The lowest BCUT2D eigenvalue weighted by atomic mass is 9.83. The second-order valence-electron chi connectivity index (χ2n) is 9.85. The van der Waals surface area contributed by atoms with Gasteiger partial charge < -0.3 is 19.7 Å². The molecule has 1 N–H and O–H groups in total. The van der Waals surface area contributed by atoms with E-state index in [1.54, 1.807) is 14.2 Å². The first-order valence-corrected chi connectivity index (χ1v) is 12.7. The number of aryl methyl sites for hydroxylation is 1. The first kappa shape index (κ1) is 26.7. The van der Waals surface area contributed by atoms with Crippen LogP contribution < -0.4 is 19.7 Å². The average Bonchev–Trinajstić information content (AvgIpc) is 2.85. The number of ether oxygens (including phenoxy) is 2. The second-order valence-corrected chi connectivity index (χ2v) is 9.85. The van der Waals surface area contributed by atoms with Crippen LogP contribution in [0.5, 0.6) is 11.5 Å². The molecule has 1 aliphatic rings. The molecule has 6 heteroatoms. The Labute approximate surface area is 211 Å². The Morgan fingerprint density at radius 1 is 0.943 bits per heavy atom. The number of nitrogens with zero attached hydrogens (tertiary/aromatic N) is 3. The topological polar surface area (TPSA) is 59.5 Å². The van der Waals surface area contributed by atoms with E-state index in [4.69, 9.17) is 9.47 Å². The van der Waals surface area contributed by atoms with Gasteiger partial charge in [0.2, 0.25) is 0 Å². The molecule has 190 valence electrons. The van der Waals surface area contributed by atoms with Gasteiger partial charge in [0, 0.05) is 37.2 Å². The quantitative estimate of drug-likeness (QED) is 0.454. The molecule has 2 aromatic carbocycles. The maximum Gasteiger partial charge on any atom is 0.139 e. The van der Waals surface area contributed by atoms with Gasteiger partial charge in [-0.1, -0.05) is 38.0 Å². The molecule has 0 saturated heterocycles. The van der Waals surface area contributed by atoms with E-state index >= 15 is 0 Å². The highest BCUT2D eigenvalue weighted by Crippen LogP contribution is 2.32. The first-order valence-electron chi connectivity index (χ1n) is 12.7. The highest BCUT2D eigenvalue weighted by molar-refractivity contribution is 5.89. The number of anilines is 1. The standard InChI is InChI=1S/C18H29NO2.C11H13N3/c1-13-5-7-15(8-6-13)11-19-12-16-9-10-17(20-3)14(2)18(16)21-4;1-8-12-10-7-5-4-6-9(10)11(13-8)14(2)3/h9-10,13,15,19H,5-8,11-12H2,1-4H3;4-7H,1-3H3. The van der Waals surface area contributed by atoms with Crippen molar-refractivity contribution in [3.63, 3.8) is 0 Å². The molecule has 1 fully saturated rings. The van der Waals surface area contributed by atoms with Crippen molar-refractivity contribution in [3.05, 3.63) is 53.3 Å². The number of nitrogens with one attached hydrogen (secondary N) is 1. The number of para-hydroxylation sites is 1. The van der Waals surface area contributed by atoms with Crippen molar-refractivity contribution >= 4 is 16.7 Å². The summed E-state index contributed by atoms with van der Waals surface area (Å²) in [5.74, 6) is 5.38. The van der Waals surface area contributed by atoms with Gasteiger partial charge in [-0.3, -0.25) is 0 Å². The summed E-state index contributed by atoms with van der Waals surface area (Å²) in [6.07, 6.45) is 5.51. The monoisotopic (exact) mass is 478 g/mol. The fraction of sp³-hybridized carbons (Fsp3) is 0.517. The third-order valence-electron chi connectivity index (χ3n) is 6.86. The first-order chi connectivity index (χ1) is 16.8. The normalized spacial score (nSPS) is 17.5. The molecule has 1 heterocycles. The lowest BCUT2D eigenvalue weighted by molar-refractivity contribution is 0.281. The van der Waals surface area contributed by atoms with Crippen molar-refractivity contribution in [3.8, 4) is 11.5 Å². The van der Waals surface area contributed by atoms with Crippen LogP contribution in [0.2, 0.25) is 0 Å². The molecule has 0 amide bonds. The Morgan fingerprint density at radius 3 is 2.31 bits per heavy atom. The van der Waals surface area contributed by atoms with Gasteiger partial charge in [0.25, 0.3) is 0 Å². The van der Waals surface area contributed by atoms with Crippen LogP contribution in [-0.2, 0) is 6.54 Å². The largest absolute Gasteiger partial charge is 0.496 e. The maximum absolute atomic E-state index is 5.56. The van der Waals surface area contributed by atoms with Gasteiger partial charge in [-0.25, -0.2) is 9.97 Å². The van der Waals surface area contributed by atoms with Crippen molar-refractivity contribution in [1.82, 2.24) is 15.3 Å². The van der Waals surface area contributed by atoms with Crippen LogP contribution in [0.3, 0.4) is 0 Å². The highest BCUT2D eigenvalue weighted by Gasteiger charge is 2.18. The zero-order valence-electron chi connectivity index (χ0n) is 22.5. The zero-order chi connectivity index (χ0) is 25.4. The van der Waals surface area contributed by atoms with Crippen molar-refractivity contribution in [2.45, 2.75) is 53.0 Å². The van der Waals surface area contributed by atoms with Gasteiger partial charge in [0.05, 0.1) is 19.7 Å². The Balaban J connectivity index is 0.000000211. The van der Waals surface area contributed by atoms with E-state index in [2.05, 4.69) is 28.3 Å². The van der Waals surface area contributed by atoms with Crippen LogP contribution in [0, 0.1) is 25.7 Å². The number of rotatable bonds is 7. The van der Waals surface area contributed by atoms with E-state index in [0.717, 1.165) is 64.5 Å². The minimum absolute atomic E-state index is 0.812. The van der Waals surface area contributed by atoms with E-state index in [0.29, 0.717) is 0 Å². The van der Waals surface area contributed by atoms with E-state index in [1.807, 2.05) is 63.2 Å². The summed E-state index contributed by atoms with van der Waals surface area (Å²) in [4.78, 5) is 10.8. The zero-order valence-corrected chi connectivity index (χ0v) is 22.5. The second kappa shape index (κ2) is 12.7. The summed E-state index contributed by atoms with van der Waals surface area (Å²) in [6.45, 7) is 8.30. The number of fused-ring (bicyclic) bond motifs is 1. The van der Waals surface area contributed by atoms with Gasteiger partial charge in [0.15, 0.2) is 0 Å². The van der Waals surface area contributed by atoms with Gasteiger partial charge >= 0.3 is 0 Å². The molecule has 0 unspecified atom stereocenters. The molecule has 35 heavy (non-hydrogen) atoms. The fourth-order valence-electron chi connectivity index (χ4n) is 4.83. The molecular formula is C29H42N4O2. The van der Waals surface area contributed by atoms with Gasteiger partial charge in [-0.15, -0.1) is 0 Å². The Morgan fingerprint density at radius 2 is 1.66 bits per heavy atom. The van der Waals surface area contributed by atoms with Gasteiger partial charge in [0.1, 0.15) is 23.1 Å². The molecule has 1 aromatic heterocycles. The Hall–Kier alpha value is -2.86. The number of aromatic nitrogens is 2. The highest BCUT2D eigenvalue weighted by atomic mass is 16.5. The van der Waals surface area contributed by atoms with Crippen molar-refractivity contribution < 1.29 is 9.47 Å². The van der Waals surface area contributed by atoms with E-state index in [9.17, 15) is 0 Å². The SMILES string of the molecule is COc1ccc(CNCC2CCC(C)CC2)c(OC)c1C.Cc1nc(N(C)C)c2ccccc2n1. The summed E-state index contributed by atoms with van der Waals surface area (Å²) < 4.78 is 10.9. The molecule has 3 aromatic rings. The van der Waals surface area contributed by atoms with Crippen LogP contribution in [-0.4, -0.2) is 44.8 Å². The minimum atomic E-state index is 0.812. The number of hydrogen-bond donors (Lipinski definition) is 1. The molecule has 0 spiro atoms.